The van der Waals surface area contributed by atoms with Crippen LogP contribution in [0.25, 0.3) is 10.9 Å². The fraction of sp³-hybridized carbons (Fsp3) is 0.318. The van der Waals surface area contributed by atoms with Crippen LogP contribution in [0.5, 0.6) is 0 Å². The Morgan fingerprint density at radius 3 is 2.29 bits per heavy atom. The lowest BCUT2D eigenvalue weighted by Crippen LogP contribution is -2.43. The maximum absolute atomic E-state index is 13.2. The molecule has 1 aromatic heterocycles. The number of aromatic nitrogens is 2. The molecule has 0 aliphatic carbocycles. The molecule has 28 heavy (non-hydrogen) atoms. The molecule has 0 N–H and O–H groups in total. The highest BCUT2D eigenvalue weighted by Gasteiger charge is 2.19. The molecule has 3 aromatic rings. The minimum atomic E-state index is -0.456. The number of nitrogens with zero attached hydrogens (tertiary/aromatic N) is 3. The van der Waals surface area contributed by atoms with Gasteiger partial charge in [0.25, 0.3) is 5.56 Å². The molecule has 146 valence electrons. The van der Waals surface area contributed by atoms with E-state index < -0.39 is 5.69 Å². The van der Waals surface area contributed by atoms with E-state index in [9.17, 15) is 14.4 Å². The van der Waals surface area contributed by atoms with Gasteiger partial charge in [-0.2, -0.15) is 0 Å². The van der Waals surface area contributed by atoms with Crippen molar-refractivity contribution in [2.75, 3.05) is 11.4 Å². The summed E-state index contributed by atoms with van der Waals surface area (Å²) >= 11 is 0. The molecule has 1 heterocycles. The molecule has 3 rings (SSSR count). The third-order valence-electron chi connectivity index (χ3n) is 4.85. The minimum Gasteiger partial charge on any atom is -0.311 e. The average Bonchev–Trinajstić information content (AvgIpc) is 2.72. The van der Waals surface area contributed by atoms with Gasteiger partial charge in [0.2, 0.25) is 5.91 Å². The molecule has 0 saturated heterocycles. The van der Waals surface area contributed by atoms with Gasteiger partial charge in [-0.15, -0.1) is 0 Å². The maximum atomic E-state index is 13.2. The van der Waals surface area contributed by atoms with Crippen LogP contribution in [0, 0.1) is 0 Å². The van der Waals surface area contributed by atoms with Gasteiger partial charge in [0.05, 0.1) is 10.9 Å². The minimum absolute atomic E-state index is 0.113. The van der Waals surface area contributed by atoms with Crippen LogP contribution in [0.2, 0.25) is 0 Å². The van der Waals surface area contributed by atoms with Gasteiger partial charge in [0, 0.05) is 18.8 Å². The highest BCUT2D eigenvalue weighted by molar-refractivity contribution is 5.94. The summed E-state index contributed by atoms with van der Waals surface area (Å²) in [5, 5.41) is 0.441. The van der Waals surface area contributed by atoms with Crippen LogP contribution in [0.1, 0.15) is 26.7 Å². The molecule has 0 aliphatic rings. The van der Waals surface area contributed by atoms with Gasteiger partial charge in [-0.05, 0) is 37.6 Å². The molecule has 0 fully saturated rings. The number of amides is 1. The molecule has 0 unspecified atom stereocenters. The predicted octanol–water partition coefficient (Wildman–Crippen LogP) is 3.02. The molecule has 0 radical (unpaired) electrons. The van der Waals surface area contributed by atoms with Crippen LogP contribution in [-0.4, -0.2) is 21.6 Å². The highest BCUT2D eigenvalue weighted by Crippen LogP contribution is 2.16. The summed E-state index contributed by atoms with van der Waals surface area (Å²) in [5.41, 5.74) is 0.516. The summed E-state index contributed by atoms with van der Waals surface area (Å²) < 4.78 is 2.58. The zero-order valence-corrected chi connectivity index (χ0v) is 16.3. The standard InChI is InChI=1S/C22H25N3O3/c1-3-5-15-24(17-11-7-6-8-12-17)20(26)16-25-19-14-10-9-13-18(19)21(27)23(4-2)22(25)28/h6-14H,3-5,15-16H2,1-2H3. The van der Waals surface area contributed by atoms with Crippen LogP contribution in [-0.2, 0) is 17.9 Å². The van der Waals surface area contributed by atoms with Crippen molar-refractivity contribution in [3.8, 4) is 0 Å². The summed E-state index contributed by atoms with van der Waals surface area (Å²) in [6, 6.07) is 16.4. The van der Waals surface area contributed by atoms with Crippen LogP contribution in [0.3, 0.4) is 0 Å². The van der Waals surface area contributed by atoms with E-state index in [1.54, 1.807) is 36.1 Å². The Labute approximate surface area is 163 Å². The van der Waals surface area contributed by atoms with E-state index in [1.807, 2.05) is 30.3 Å². The topological polar surface area (TPSA) is 64.3 Å². The van der Waals surface area contributed by atoms with Crippen molar-refractivity contribution < 1.29 is 4.79 Å². The summed E-state index contributed by atoms with van der Waals surface area (Å²) in [5.74, 6) is -0.173. The molecule has 6 heteroatoms. The van der Waals surface area contributed by atoms with Crippen LogP contribution in [0.15, 0.2) is 64.2 Å². The number of unbranched alkanes of at least 4 members (excludes halogenated alkanes) is 1. The first-order valence-corrected chi connectivity index (χ1v) is 9.66. The highest BCUT2D eigenvalue weighted by atomic mass is 16.2. The number of rotatable bonds is 7. The van der Waals surface area contributed by atoms with Gasteiger partial charge in [0.1, 0.15) is 6.54 Å². The normalized spacial score (nSPS) is 10.9. The third-order valence-corrected chi connectivity index (χ3v) is 4.85. The second-order valence-electron chi connectivity index (χ2n) is 6.67. The van der Waals surface area contributed by atoms with E-state index in [0.29, 0.717) is 17.4 Å². The maximum Gasteiger partial charge on any atom is 0.331 e. The predicted molar refractivity (Wildman–Crippen MR) is 112 cm³/mol. The SMILES string of the molecule is CCCCN(C(=O)Cn1c(=O)n(CC)c(=O)c2ccccc21)c1ccccc1. The van der Waals surface area contributed by atoms with Gasteiger partial charge < -0.3 is 4.90 Å². The summed E-state index contributed by atoms with van der Waals surface area (Å²) in [7, 11) is 0. The van der Waals surface area contributed by atoms with Crippen LogP contribution < -0.4 is 16.1 Å². The van der Waals surface area contributed by atoms with Crippen LogP contribution >= 0.6 is 0 Å². The quantitative estimate of drug-likeness (QED) is 0.634. The van der Waals surface area contributed by atoms with Gasteiger partial charge >= 0.3 is 5.69 Å². The molecule has 0 aliphatic heterocycles. The first kappa shape index (κ1) is 19.6. The Kier molecular flexibility index (Phi) is 6.09. The fourth-order valence-electron chi connectivity index (χ4n) is 3.35. The molecular formula is C22H25N3O3. The zero-order valence-electron chi connectivity index (χ0n) is 16.3. The van der Waals surface area contributed by atoms with E-state index in [-0.39, 0.29) is 24.6 Å². The van der Waals surface area contributed by atoms with Gasteiger partial charge in [-0.25, -0.2) is 4.79 Å². The molecular weight excluding hydrogens is 354 g/mol. The lowest BCUT2D eigenvalue weighted by molar-refractivity contribution is -0.119. The number of fused-ring (bicyclic) bond motifs is 1. The Morgan fingerprint density at radius 1 is 0.929 bits per heavy atom. The number of carbonyl (C=O) groups excluding carboxylic acids is 1. The van der Waals surface area contributed by atoms with Crippen molar-refractivity contribution in [3.05, 3.63) is 75.4 Å². The molecule has 0 atom stereocenters. The lowest BCUT2D eigenvalue weighted by Gasteiger charge is -2.24. The molecule has 1 amide bonds. The van der Waals surface area contributed by atoms with E-state index in [0.717, 1.165) is 18.5 Å². The zero-order chi connectivity index (χ0) is 20.1. The number of hydrogen-bond donors (Lipinski definition) is 0. The Balaban J connectivity index is 2.06. The Morgan fingerprint density at radius 2 is 1.61 bits per heavy atom. The first-order valence-electron chi connectivity index (χ1n) is 9.66. The van der Waals surface area contributed by atoms with Crippen molar-refractivity contribution in [3.63, 3.8) is 0 Å². The van der Waals surface area contributed by atoms with Gasteiger partial charge in [0.15, 0.2) is 0 Å². The van der Waals surface area contributed by atoms with Crippen molar-refractivity contribution in [1.82, 2.24) is 9.13 Å². The number of benzene rings is 2. The summed E-state index contributed by atoms with van der Waals surface area (Å²) in [6.07, 6.45) is 1.82. The van der Waals surface area contributed by atoms with E-state index in [1.165, 1.54) is 9.13 Å². The molecule has 0 saturated carbocycles. The Hall–Kier alpha value is -3.15. The third kappa shape index (κ3) is 3.76. The lowest BCUT2D eigenvalue weighted by atomic mass is 10.2. The molecule has 0 spiro atoms. The van der Waals surface area contributed by atoms with E-state index in [2.05, 4.69) is 6.92 Å². The average molecular weight is 379 g/mol. The molecule has 0 bridgehead atoms. The van der Waals surface area contributed by atoms with Gasteiger partial charge in [-0.1, -0.05) is 43.7 Å². The van der Waals surface area contributed by atoms with E-state index in [4.69, 9.17) is 0 Å². The largest absolute Gasteiger partial charge is 0.331 e. The fourth-order valence-corrected chi connectivity index (χ4v) is 3.35. The monoisotopic (exact) mass is 379 g/mol. The van der Waals surface area contributed by atoms with Crippen LogP contribution in [0.4, 0.5) is 5.69 Å². The van der Waals surface area contributed by atoms with Crippen molar-refractivity contribution >= 4 is 22.5 Å². The Bertz CT molecular complexity index is 1080. The number of hydrogen-bond acceptors (Lipinski definition) is 3. The number of anilines is 1. The van der Waals surface area contributed by atoms with Crippen molar-refractivity contribution in [1.29, 1.82) is 0 Å². The molecule has 2 aromatic carbocycles. The smallest absolute Gasteiger partial charge is 0.311 e. The van der Waals surface area contributed by atoms with Crippen molar-refractivity contribution in [2.24, 2.45) is 0 Å². The second-order valence-corrected chi connectivity index (χ2v) is 6.67. The number of carbonyl (C=O) groups is 1. The van der Waals surface area contributed by atoms with Crippen molar-refractivity contribution in [2.45, 2.75) is 39.8 Å². The van der Waals surface area contributed by atoms with Gasteiger partial charge in [-0.3, -0.25) is 18.7 Å². The summed E-state index contributed by atoms with van der Waals surface area (Å²) in [6.45, 7) is 4.55. The van der Waals surface area contributed by atoms with E-state index >= 15 is 0 Å². The molecule has 6 nitrogen and oxygen atoms in total. The summed E-state index contributed by atoms with van der Waals surface area (Å²) in [4.78, 5) is 40.4. The second kappa shape index (κ2) is 8.69. The first-order chi connectivity index (χ1) is 13.6. The number of para-hydroxylation sites is 2.